The fourth-order valence-corrected chi connectivity index (χ4v) is 2.56. The van der Waals surface area contributed by atoms with Gasteiger partial charge in [0.05, 0.1) is 18.7 Å². The SMILES string of the molecule is C.CCc1ccc(-c2ccc(C(=O)N[C@H](CN(O)C=O)[C@@H](C)O)cc2)cc1. The molecule has 3 N–H and O–H groups in total. The van der Waals surface area contributed by atoms with E-state index in [2.05, 4.69) is 24.4 Å². The number of carbonyl (C=O) groups excluding carboxylic acids is 2. The van der Waals surface area contributed by atoms with Crippen LogP contribution in [0.5, 0.6) is 0 Å². The molecule has 0 fully saturated rings. The molecule has 0 radical (unpaired) electrons. The van der Waals surface area contributed by atoms with Gasteiger partial charge in [-0.05, 0) is 42.2 Å². The topological polar surface area (TPSA) is 89.9 Å². The molecule has 2 rings (SSSR count). The average molecular weight is 372 g/mol. The van der Waals surface area contributed by atoms with Crippen molar-refractivity contribution < 1.29 is 19.9 Å². The minimum Gasteiger partial charge on any atom is -0.391 e. The molecule has 0 aliphatic carbocycles. The minimum absolute atomic E-state index is 0. The number of hydrogen-bond acceptors (Lipinski definition) is 4. The Balaban J connectivity index is 0.00000364. The fourth-order valence-electron chi connectivity index (χ4n) is 2.56. The van der Waals surface area contributed by atoms with Crippen LogP contribution in [0.25, 0.3) is 11.1 Å². The molecule has 0 heterocycles. The van der Waals surface area contributed by atoms with Crippen LogP contribution in [0, 0.1) is 0 Å². The summed E-state index contributed by atoms with van der Waals surface area (Å²) in [4.78, 5) is 22.9. The van der Waals surface area contributed by atoms with Crippen LogP contribution in [-0.2, 0) is 11.2 Å². The highest BCUT2D eigenvalue weighted by Gasteiger charge is 2.20. The summed E-state index contributed by atoms with van der Waals surface area (Å²) in [6.45, 7) is 3.38. The van der Waals surface area contributed by atoms with Gasteiger partial charge in [0.25, 0.3) is 5.91 Å². The van der Waals surface area contributed by atoms with Crippen molar-refractivity contribution in [1.82, 2.24) is 10.4 Å². The van der Waals surface area contributed by atoms with Gasteiger partial charge in [0.1, 0.15) is 0 Å². The molecule has 0 aromatic heterocycles. The summed E-state index contributed by atoms with van der Waals surface area (Å²) in [5.41, 5.74) is 3.76. The largest absolute Gasteiger partial charge is 0.391 e. The summed E-state index contributed by atoms with van der Waals surface area (Å²) in [5.74, 6) is -0.386. The molecule has 0 aliphatic rings. The van der Waals surface area contributed by atoms with E-state index in [-0.39, 0.29) is 26.3 Å². The number of aryl methyl sites for hydroxylation is 1. The molecule has 0 spiro atoms. The standard InChI is InChI=1S/C20H24N2O4.CH4/c1-3-15-4-6-16(7-5-15)17-8-10-18(11-9-17)20(25)21-19(14(2)24)12-22(26)13-23;/h4-11,13-14,19,24,26H,3,12H2,1-2H3,(H,21,25);1H4/t14-,19-;/m1./s1. The van der Waals surface area contributed by atoms with Crippen molar-refractivity contribution in [2.24, 2.45) is 0 Å². The molecule has 0 saturated heterocycles. The number of hydroxylamine groups is 2. The van der Waals surface area contributed by atoms with Crippen LogP contribution in [0.15, 0.2) is 48.5 Å². The van der Waals surface area contributed by atoms with Crippen LogP contribution in [0.3, 0.4) is 0 Å². The number of hydrogen-bond donors (Lipinski definition) is 3. The molecule has 27 heavy (non-hydrogen) atoms. The Morgan fingerprint density at radius 3 is 2.07 bits per heavy atom. The van der Waals surface area contributed by atoms with E-state index in [1.807, 2.05) is 24.3 Å². The molecular formula is C21H28N2O4. The Kier molecular flexibility index (Phi) is 8.65. The van der Waals surface area contributed by atoms with Gasteiger partial charge in [0.15, 0.2) is 0 Å². The lowest BCUT2D eigenvalue weighted by atomic mass is 10.0. The van der Waals surface area contributed by atoms with E-state index >= 15 is 0 Å². The van der Waals surface area contributed by atoms with E-state index in [4.69, 9.17) is 0 Å². The summed E-state index contributed by atoms with van der Waals surface area (Å²) in [6, 6.07) is 14.6. The number of aliphatic hydroxyl groups is 1. The van der Waals surface area contributed by atoms with Gasteiger partial charge in [-0.1, -0.05) is 50.7 Å². The van der Waals surface area contributed by atoms with Crippen LogP contribution in [-0.4, -0.2) is 46.4 Å². The molecule has 2 amide bonds. The van der Waals surface area contributed by atoms with E-state index in [9.17, 15) is 19.9 Å². The van der Waals surface area contributed by atoms with Gasteiger partial charge in [-0.15, -0.1) is 0 Å². The highest BCUT2D eigenvalue weighted by molar-refractivity contribution is 5.95. The summed E-state index contributed by atoms with van der Waals surface area (Å²) < 4.78 is 0. The summed E-state index contributed by atoms with van der Waals surface area (Å²) in [6.07, 6.45) is 0.282. The predicted octanol–water partition coefficient (Wildman–Crippen LogP) is 2.88. The second kappa shape index (κ2) is 10.4. The zero-order valence-electron chi connectivity index (χ0n) is 14.9. The van der Waals surface area contributed by atoms with Crippen molar-refractivity contribution in [3.8, 4) is 11.1 Å². The Labute approximate surface area is 160 Å². The van der Waals surface area contributed by atoms with Crippen LogP contribution >= 0.6 is 0 Å². The van der Waals surface area contributed by atoms with Crippen molar-refractivity contribution >= 4 is 12.3 Å². The Morgan fingerprint density at radius 1 is 1.11 bits per heavy atom. The highest BCUT2D eigenvalue weighted by atomic mass is 16.5. The first kappa shape index (κ1) is 22.3. The maximum absolute atomic E-state index is 12.3. The first-order valence-corrected chi connectivity index (χ1v) is 8.53. The molecule has 6 heteroatoms. The fraction of sp³-hybridized carbons (Fsp3) is 0.333. The third-order valence-electron chi connectivity index (χ3n) is 4.25. The third-order valence-corrected chi connectivity index (χ3v) is 4.25. The van der Waals surface area contributed by atoms with Gasteiger partial charge >= 0.3 is 0 Å². The van der Waals surface area contributed by atoms with Crippen molar-refractivity contribution in [3.63, 3.8) is 0 Å². The van der Waals surface area contributed by atoms with E-state index in [1.165, 1.54) is 12.5 Å². The molecule has 2 aromatic carbocycles. The molecule has 6 nitrogen and oxygen atoms in total. The number of aliphatic hydroxyl groups excluding tert-OH is 1. The van der Waals surface area contributed by atoms with Gasteiger partial charge in [0.2, 0.25) is 6.41 Å². The van der Waals surface area contributed by atoms with Gasteiger partial charge in [-0.3, -0.25) is 14.8 Å². The van der Waals surface area contributed by atoms with Crippen LogP contribution < -0.4 is 5.32 Å². The first-order valence-electron chi connectivity index (χ1n) is 8.53. The summed E-state index contributed by atoms with van der Waals surface area (Å²) >= 11 is 0. The zero-order chi connectivity index (χ0) is 19.1. The van der Waals surface area contributed by atoms with Crippen molar-refractivity contribution in [1.29, 1.82) is 0 Å². The monoisotopic (exact) mass is 372 g/mol. The number of rotatable bonds is 8. The molecule has 146 valence electrons. The smallest absolute Gasteiger partial charge is 0.251 e. The van der Waals surface area contributed by atoms with Crippen molar-refractivity contribution in [2.75, 3.05) is 6.54 Å². The quantitative estimate of drug-likeness (QED) is 0.378. The molecule has 0 bridgehead atoms. The van der Waals surface area contributed by atoms with E-state index in [0.717, 1.165) is 17.5 Å². The Hall–Kier alpha value is -2.70. The predicted molar refractivity (Wildman–Crippen MR) is 105 cm³/mol. The molecule has 2 atom stereocenters. The summed E-state index contributed by atoms with van der Waals surface area (Å²) in [7, 11) is 0. The van der Waals surface area contributed by atoms with Gasteiger partial charge in [-0.2, -0.15) is 0 Å². The third kappa shape index (κ3) is 6.20. The number of carbonyl (C=O) groups is 2. The Bertz CT molecular complexity index is 727. The summed E-state index contributed by atoms with van der Waals surface area (Å²) in [5, 5.41) is 22.0. The van der Waals surface area contributed by atoms with Crippen LogP contribution in [0.1, 0.15) is 37.2 Å². The van der Waals surface area contributed by atoms with Crippen LogP contribution in [0.2, 0.25) is 0 Å². The second-order valence-corrected chi connectivity index (χ2v) is 6.18. The lowest BCUT2D eigenvalue weighted by Crippen LogP contribution is -2.48. The minimum atomic E-state index is -0.926. The highest BCUT2D eigenvalue weighted by Crippen LogP contribution is 2.20. The van der Waals surface area contributed by atoms with Gasteiger partial charge in [0, 0.05) is 5.56 Å². The molecule has 0 saturated carbocycles. The second-order valence-electron chi connectivity index (χ2n) is 6.18. The molecule has 2 aromatic rings. The average Bonchev–Trinajstić information content (AvgIpc) is 2.67. The number of benzene rings is 2. The number of amides is 2. The van der Waals surface area contributed by atoms with Crippen molar-refractivity contribution in [3.05, 3.63) is 59.7 Å². The van der Waals surface area contributed by atoms with Crippen molar-refractivity contribution in [2.45, 2.75) is 39.8 Å². The normalized spacial score (nSPS) is 12.4. The number of nitrogens with one attached hydrogen (secondary N) is 1. The molecular weight excluding hydrogens is 344 g/mol. The maximum Gasteiger partial charge on any atom is 0.251 e. The van der Waals surface area contributed by atoms with E-state index in [0.29, 0.717) is 10.6 Å². The van der Waals surface area contributed by atoms with Gasteiger partial charge in [-0.25, -0.2) is 5.06 Å². The van der Waals surface area contributed by atoms with E-state index in [1.54, 1.807) is 12.1 Å². The maximum atomic E-state index is 12.3. The van der Waals surface area contributed by atoms with E-state index < -0.39 is 12.1 Å². The lowest BCUT2D eigenvalue weighted by Gasteiger charge is -2.23. The van der Waals surface area contributed by atoms with Gasteiger partial charge < -0.3 is 10.4 Å². The lowest BCUT2D eigenvalue weighted by molar-refractivity contribution is -0.152. The van der Waals surface area contributed by atoms with Crippen LogP contribution in [0.4, 0.5) is 0 Å². The molecule has 0 unspecified atom stereocenters. The molecule has 0 aliphatic heterocycles. The zero-order valence-corrected chi connectivity index (χ0v) is 14.9. The first-order chi connectivity index (χ1) is 12.4. The number of nitrogens with zero attached hydrogens (tertiary/aromatic N) is 1. The Morgan fingerprint density at radius 2 is 1.63 bits per heavy atom.